The number of carboxylic acids is 1. The number of amides is 3. The van der Waals surface area contributed by atoms with Crippen molar-refractivity contribution in [3.63, 3.8) is 0 Å². The molecule has 2 heterocycles. The molecule has 0 aromatic rings. The molecule has 2 aliphatic heterocycles. The molecule has 2 fully saturated rings. The molecule has 0 radical (unpaired) electrons. The number of hydrogen-bond donors (Lipinski definition) is 2. The average molecular weight is 339 g/mol. The minimum Gasteiger partial charge on any atom is -0.481 e. The quantitative estimate of drug-likeness (QED) is 0.797. The molecule has 0 aromatic heterocycles. The maximum atomic E-state index is 12.9. The van der Waals surface area contributed by atoms with E-state index in [1.807, 2.05) is 18.7 Å². The molecule has 24 heavy (non-hydrogen) atoms. The van der Waals surface area contributed by atoms with Gasteiger partial charge in [0.15, 0.2) is 0 Å². The summed E-state index contributed by atoms with van der Waals surface area (Å²) < 4.78 is 0. The SMILES string of the molecule is CC(C)NC(=O)N1CCC[C@H]1C(=O)N1CCCC(CCC(=O)O)C1. The lowest BCUT2D eigenvalue weighted by Gasteiger charge is -2.36. The summed E-state index contributed by atoms with van der Waals surface area (Å²) in [7, 11) is 0. The summed E-state index contributed by atoms with van der Waals surface area (Å²) in [6.45, 7) is 5.75. The number of aliphatic carboxylic acids is 1. The van der Waals surface area contributed by atoms with Gasteiger partial charge in [0.2, 0.25) is 5.91 Å². The average Bonchev–Trinajstić information content (AvgIpc) is 3.01. The van der Waals surface area contributed by atoms with Crippen LogP contribution in [-0.2, 0) is 9.59 Å². The second kappa shape index (κ2) is 8.35. The normalized spacial score (nSPS) is 24.3. The molecule has 3 amide bonds. The Morgan fingerprint density at radius 3 is 2.54 bits per heavy atom. The van der Waals surface area contributed by atoms with E-state index in [1.165, 1.54) is 0 Å². The third-order valence-electron chi connectivity index (χ3n) is 4.81. The monoisotopic (exact) mass is 339 g/mol. The lowest BCUT2D eigenvalue weighted by Crippen LogP contribution is -2.53. The summed E-state index contributed by atoms with van der Waals surface area (Å²) in [5, 5.41) is 11.7. The molecule has 2 atom stereocenters. The fourth-order valence-corrected chi connectivity index (χ4v) is 3.64. The van der Waals surface area contributed by atoms with Crippen LogP contribution in [0.25, 0.3) is 0 Å². The van der Waals surface area contributed by atoms with Crippen LogP contribution in [0.2, 0.25) is 0 Å². The predicted octanol–water partition coefficient (Wildman–Crippen LogP) is 1.67. The van der Waals surface area contributed by atoms with Gasteiger partial charge in [-0.2, -0.15) is 0 Å². The van der Waals surface area contributed by atoms with Crippen LogP contribution in [0.4, 0.5) is 4.79 Å². The molecule has 7 heteroatoms. The molecule has 136 valence electrons. The van der Waals surface area contributed by atoms with Crippen molar-refractivity contribution in [1.82, 2.24) is 15.1 Å². The Bertz CT molecular complexity index is 480. The third kappa shape index (κ3) is 4.85. The van der Waals surface area contributed by atoms with Gasteiger partial charge in [-0.3, -0.25) is 9.59 Å². The lowest BCUT2D eigenvalue weighted by molar-refractivity contribution is -0.138. The second-order valence-corrected chi connectivity index (χ2v) is 7.18. The number of rotatable bonds is 5. The van der Waals surface area contributed by atoms with E-state index in [0.29, 0.717) is 32.5 Å². The highest BCUT2D eigenvalue weighted by atomic mass is 16.4. The van der Waals surface area contributed by atoms with Gasteiger partial charge < -0.3 is 20.2 Å². The van der Waals surface area contributed by atoms with Crippen LogP contribution in [0.1, 0.15) is 52.4 Å². The van der Waals surface area contributed by atoms with Gasteiger partial charge in [0.05, 0.1) is 0 Å². The third-order valence-corrected chi connectivity index (χ3v) is 4.81. The minimum absolute atomic E-state index is 0.0198. The number of carbonyl (C=O) groups is 3. The number of nitrogens with one attached hydrogen (secondary N) is 1. The van der Waals surface area contributed by atoms with E-state index in [2.05, 4.69) is 5.32 Å². The second-order valence-electron chi connectivity index (χ2n) is 7.18. The summed E-state index contributed by atoms with van der Waals surface area (Å²) >= 11 is 0. The number of piperidine rings is 1. The number of hydrogen-bond acceptors (Lipinski definition) is 3. The van der Waals surface area contributed by atoms with E-state index in [4.69, 9.17) is 5.11 Å². The van der Waals surface area contributed by atoms with E-state index < -0.39 is 5.97 Å². The van der Waals surface area contributed by atoms with Crippen molar-refractivity contribution < 1.29 is 19.5 Å². The first-order chi connectivity index (χ1) is 11.4. The molecule has 7 nitrogen and oxygen atoms in total. The molecular formula is C17H29N3O4. The Hall–Kier alpha value is -1.79. The first-order valence-corrected chi connectivity index (χ1v) is 8.96. The van der Waals surface area contributed by atoms with E-state index >= 15 is 0 Å². The van der Waals surface area contributed by atoms with Crippen LogP contribution in [0.3, 0.4) is 0 Å². The zero-order chi connectivity index (χ0) is 17.7. The molecule has 2 N–H and O–H groups in total. The molecule has 2 saturated heterocycles. The molecule has 2 rings (SSSR count). The summed E-state index contributed by atoms with van der Waals surface area (Å²) in [5.74, 6) is -0.518. The van der Waals surface area contributed by atoms with Crippen LogP contribution < -0.4 is 5.32 Å². The summed E-state index contributed by atoms with van der Waals surface area (Å²) in [6, 6.07) is -0.494. The highest BCUT2D eigenvalue weighted by molar-refractivity contribution is 5.87. The molecule has 2 aliphatic rings. The molecule has 1 unspecified atom stereocenters. The van der Waals surface area contributed by atoms with Crippen molar-refractivity contribution in [2.75, 3.05) is 19.6 Å². The van der Waals surface area contributed by atoms with Crippen LogP contribution in [0.15, 0.2) is 0 Å². The molecule has 0 saturated carbocycles. The Morgan fingerprint density at radius 1 is 1.17 bits per heavy atom. The summed E-state index contributed by atoms with van der Waals surface area (Å²) in [4.78, 5) is 39.4. The van der Waals surface area contributed by atoms with Gasteiger partial charge in [0.1, 0.15) is 6.04 Å². The molecular weight excluding hydrogens is 310 g/mol. The zero-order valence-electron chi connectivity index (χ0n) is 14.7. The Balaban J connectivity index is 1.94. The Kier molecular flexibility index (Phi) is 6.45. The van der Waals surface area contributed by atoms with Gasteiger partial charge >= 0.3 is 12.0 Å². The van der Waals surface area contributed by atoms with Gasteiger partial charge in [-0.05, 0) is 51.9 Å². The van der Waals surface area contributed by atoms with E-state index in [9.17, 15) is 14.4 Å². The molecule has 0 aromatic carbocycles. The van der Waals surface area contributed by atoms with Crippen molar-refractivity contribution in [2.45, 2.75) is 64.5 Å². The smallest absolute Gasteiger partial charge is 0.318 e. The van der Waals surface area contributed by atoms with E-state index in [1.54, 1.807) is 4.90 Å². The van der Waals surface area contributed by atoms with Gasteiger partial charge in [-0.15, -0.1) is 0 Å². The van der Waals surface area contributed by atoms with Crippen LogP contribution in [-0.4, -0.2) is 64.5 Å². The first kappa shape index (κ1) is 18.5. The maximum Gasteiger partial charge on any atom is 0.318 e. The largest absolute Gasteiger partial charge is 0.481 e. The Labute approximate surface area is 143 Å². The zero-order valence-corrected chi connectivity index (χ0v) is 14.7. The lowest BCUT2D eigenvalue weighted by atomic mass is 9.93. The van der Waals surface area contributed by atoms with E-state index in [0.717, 1.165) is 19.3 Å². The maximum absolute atomic E-state index is 12.9. The van der Waals surface area contributed by atoms with Crippen molar-refractivity contribution in [3.05, 3.63) is 0 Å². The van der Waals surface area contributed by atoms with E-state index in [-0.39, 0.29) is 36.4 Å². The van der Waals surface area contributed by atoms with Gasteiger partial charge in [-0.1, -0.05) is 0 Å². The topological polar surface area (TPSA) is 90.0 Å². The van der Waals surface area contributed by atoms with Crippen molar-refractivity contribution in [2.24, 2.45) is 5.92 Å². The standard InChI is InChI=1S/C17H29N3O4/c1-12(2)18-17(24)20-10-4-6-14(20)16(23)19-9-3-5-13(11-19)7-8-15(21)22/h12-14H,3-11H2,1-2H3,(H,18,24)(H,21,22)/t13?,14-/m0/s1. The number of urea groups is 1. The Morgan fingerprint density at radius 2 is 1.88 bits per heavy atom. The van der Waals surface area contributed by atoms with Crippen molar-refractivity contribution in [3.8, 4) is 0 Å². The van der Waals surface area contributed by atoms with Crippen LogP contribution >= 0.6 is 0 Å². The van der Waals surface area contributed by atoms with Crippen LogP contribution in [0.5, 0.6) is 0 Å². The predicted molar refractivity (Wildman–Crippen MR) is 89.6 cm³/mol. The highest BCUT2D eigenvalue weighted by Gasteiger charge is 2.37. The number of likely N-dealkylation sites (tertiary alicyclic amines) is 2. The fraction of sp³-hybridized carbons (Fsp3) is 0.824. The fourth-order valence-electron chi connectivity index (χ4n) is 3.64. The van der Waals surface area contributed by atoms with Crippen molar-refractivity contribution >= 4 is 17.9 Å². The van der Waals surface area contributed by atoms with Crippen molar-refractivity contribution in [1.29, 1.82) is 0 Å². The first-order valence-electron chi connectivity index (χ1n) is 8.96. The number of nitrogens with zero attached hydrogens (tertiary/aromatic N) is 2. The van der Waals surface area contributed by atoms with Crippen LogP contribution in [0, 0.1) is 5.92 Å². The molecule has 0 spiro atoms. The minimum atomic E-state index is -0.786. The highest BCUT2D eigenvalue weighted by Crippen LogP contribution is 2.25. The summed E-state index contributed by atoms with van der Waals surface area (Å²) in [5.41, 5.74) is 0. The molecule has 0 bridgehead atoms. The van der Waals surface area contributed by atoms with Gasteiger partial charge in [0, 0.05) is 32.1 Å². The van der Waals surface area contributed by atoms with Gasteiger partial charge in [0.25, 0.3) is 0 Å². The number of carbonyl (C=O) groups excluding carboxylic acids is 2. The number of carboxylic acid groups (broad SMARTS) is 1. The molecule has 0 aliphatic carbocycles. The van der Waals surface area contributed by atoms with Gasteiger partial charge in [-0.25, -0.2) is 4.79 Å². The summed E-state index contributed by atoms with van der Waals surface area (Å²) in [6.07, 6.45) is 4.19.